The highest BCUT2D eigenvalue weighted by atomic mass is 16.7. The third-order valence-corrected chi connectivity index (χ3v) is 3.16. The first-order valence-corrected chi connectivity index (χ1v) is 7.10. The number of nitrogens with one attached hydrogen (secondary N) is 2. The first-order valence-electron chi connectivity index (χ1n) is 7.10. The minimum atomic E-state index is -0.837. The second-order valence-corrected chi connectivity index (χ2v) is 5.44. The Kier molecular flexibility index (Phi) is 4.48. The van der Waals surface area contributed by atoms with Gasteiger partial charge in [-0.1, -0.05) is 6.92 Å². The predicted octanol–water partition coefficient (Wildman–Crippen LogP) is 0.716. The maximum absolute atomic E-state index is 12.0. The number of carbonyl (C=O) groups is 2. The highest BCUT2D eigenvalue weighted by molar-refractivity contribution is 5.95. The number of amides is 2. The lowest BCUT2D eigenvalue weighted by Gasteiger charge is -2.25. The summed E-state index contributed by atoms with van der Waals surface area (Å²) in [5.41, 5.74) is -0.742. The fourth-order valence-corrected chi connectivity index (χ4v) is 2.05. The third kappa shape index (κ3) is 3.10. The van der Waals surface area contributed by atoms with Crippen LogP contribution in [0.5, 0.6) is 11.6 Å². The van der Waals surface area contributed by atoms with Gasteiger partial charge in [-0.3, -0.25) is 9.59 Å². The van der Waals surface area contributed by atoms with Gasteiger partial charge >= 0.3 is 0 Å². The lowest BCUT2D eigenvalue weighted by atomic mass is 10.0. The van der Waals surface area contributed by atoms with E-state index in [-0.39, 0.29) is 30.0 Å². The third-order valence-electron chi connectivity index (χ3n) is 3.16. The van der Waals surface area contributed by atoms with Crippen LogP contribution >= 0.6 is 0 Å². The van der Waals surface area contributed by atoms with Gasteiger partial charge in [-0.2, -0.15) is 4.98 Å². The molecule has 1 aliphatic rings. The zero-order valence-electron chi connectivity index (χ0n) is 13.1. The molecule has 0 unspecified atom stereocenters. The molecule has 0 spiro atoms. The van der Waals surface area contributed by atoms with Gasteiger partial charge < -0.3 is 20.1 Å². The van der Waals surface area contributed by atoms with E-state index in [0.717, 1.165) is 6.42 Å². The van der Waals surface area contributed by atoms with Crippen LogP contribution in [0.25, 0.3) is 0 Å². The summed E-state index contributed by atoms with van der Waals surface area (Å²) in [7, 11) is 1.50. The minimum absolute atomic E-state index is 0.0138. The molecule has 8 heteroatoms. The van der Waals surface area contributed by atoms with Crippen LogP contribution in [0.3, 0.4) is 0 Å². The van der Waals surface area contributed by atoms with Crippen LogP contribution in [-0.4, -0.2) is 35.6 Å². The first-order chi connectivity index (χ1) is 10.4. The second-order valence-electron chi connectivity index (χ2n) is 5.44. The highest BCUT2D eigenvalue weighted by Crippen LogP contribution is 2.34. The Bertz CT molecular complexity index is 601. The number of carbonyl (C=O) groups excluding carboxylic acids is 2. The van der Waals surface area contributed by atoms with Crippen molar-refractivity contribution in [2.45, 2.75) is 39.2 Å². The summed E-state index contributed by atoms with van der Waals surface area (Å²) in [6.07, 6.45) is 1.16. The molecular weight excluding hydrogens is 288 g/mol. The molecule has 2 rings (SSSR count). The number of hydrogen-bond acceptors (Lipinski definition) is 6. The molecule has 0 bridgehead atoms. The lowest BCUT2D eigenvalue weighted by molar-refractivity contribution is -0.122. The largest absolute Gasteiger partial charge is 0.449 e. The monoisotopic (exact) mass is 308 g/mol. The molecule has 120 valence electrons. The van der Waals surface area contributed by atoms with Gasteiger partial charge in [0.15, 0.2) is 11.5 Å². The van der Waals surface area contributed by atoms with Gasteiger partial charge in [-0.05, 0) is 20.3 Å². The zero-order chi connectivity index (χ0) is 16.3. The highest BCUT2D eigenvalue weighted by Gasteiger charge is 2.32. The Morgan fingerprint density at radius 3 is 2.64 bits per heavy atom. The van der Waals surface area contributed by atoms with Gasteiger partial charge in [0.2, 0.25) is 18.4 Å². The zero-order valence-corrected chi connectivity index (χ0v) is 13.1. The van der Waals surface area contributed by atoms with Crippen LogP contribution in [0.2, 0.25) is 0 Å². The number of ether oxygens (including phenoxy) is 2. The molecule has 0 aromatic carbocycles. The number of fused-ring (bicyclic) bond motifs is 1. The smallest absolute Gasteiger partial charge is 0.273 e. The van der Waals surface area contributed by atoms with Crippen LogP contribution in [0.4, 0.5) is 0 Å². The average Bonchev–Trinajstić information content (AvgIpc) is 2.93. The van der Waals surface area contributed by atoms with Crippen molar-refractivity contribution in [3.63, 3.8) is 0 Å². The number of aromatic nitrogens is 2. The van der Waals surface area contributed by atoms with Crippen molar-refractivity contribution in [3.05, 3.63) is 11.5 Å². The summed E-state index contributed by atoms with van der Waals surface area (Å²) in [5.74, 6) is 0.219. The van der Waals surface area contributed by atoms with Crippen molar-refractivity contribution in [1.82, 2.24) is 20.6 Å². The fraction of sp³-hybridized carbons (Fsp3) is 0.571. The molecule has 0 aliphatic carbocycles. The van der Waals surface area contributed by atoms with Crippen molar-refractivity contribution in [2.75, 3.05) is 13.8 Å². The Morgan fingerprint density at radius 1 is 1.27 bits per heavy atom. The average molecular weight is 308 g/mol. The maximum Gasteiger partial charge on any atom is 0.273 e. The Balaban J connectivity index is 2.39. The van der Waals surface area contributed by atoms with Crippen LogP contribution in [0, 0.1) is 0 Å². The van der Waals surface area contributed by atoms with Crippen molar-refractivity contribution in [1.29, 1.82) is 0 Å². The predicted molar refractivity (Wildman–Crippen MR) is 77.6 cm³/mol. The maximum atomic E-state index is 12.0. The molecule has 22 heavy (non-hydrogen) atoms. The Labute approximate surface area is 128 Å². The first kappa shape index (κ1) is 16.0. The number of nitrogens with zero attached hydrogens (tertiary/aromatic N) is 2. The van der Waals surface area contributed by atoms with Gasteiger partial charge in [0.05, 0.1) is 5.54 Å². The molecular formula is C14H20N4O4. The molecule has 0 atom stereocenters. The van der Waals surface area contributed by atoms with E-state index in [2.05, 4.69) is 20.6 Å². The lowest BCUT2D eigenvalue weighted by Crippen LogP contribution is -2.42. The van der Waals surface area contributed by atoms with Gasteiger partial charge in [0.25, 0.3) is 11.8 Å². The van der Waals surface area contributed by atoms with Gasteiger partial charge in [-0.25, -0.2) is 4.98 Å². The summed E-state index contributed by atoms with van der Waals surface area (Å²) in [6, 6.07) is 0. The van der Waals surface area contributed by atoms with Crippen molar-refractivity contribution < 1.29 is 19.1 Å². The Morgan fingerprint density at radius 2 is 2.00 bits per heavy atom. The van der Waals surface area contributed by atoms with E-state index in [1.54, 1.807) is 13.8 Å². The van der Waals surface area contributed by atoms with Crippen LogP contribution in [0.15, 0.2) is 0 Å². The van der Waals surface area contributed by atoms with E-state index in [9.17, 15) is 9.59 Å². The van der Waals surface area contributed by atoms with E-state index in [0.29, 0.717) is 12.2 Å². The van der Waals surface area contributed by atoms with Crippen molar-refractivity contribution in [3.8, 4) is 11.6 Å². The molecule has 8 nitrogen and oxygen atoms in total. The SMILES string of the molecule is CCCC(=O)NC(C)(C)c1nc2c(c(C(=O)NC)n1)OCO2. The molecule has 2 N–H and O–H groups in total. The van der Waals surface area contributed by atoms with E-state index < -0.39 is 11.4 Å². The van der Waals surface area contributed by atoms with Crippen molar-refractivity contribution in [2.24, 2.45) is 0 Å². The minimum Gasteiger partial charge on any atom is -0.449 e. The van der Waals surface area contributed by atoms with E-state index >= 15 is 0 Å². The van der Waals surface area contributed by atoms with Crippen molar-refractivity contribution >= 4 is 11.8 Å². The molecule has 0 saturated carbocycles. The van der Waals surface area contributed by atoms with E-state index in [1.165, 1.54) is 7.05 Å². The molecule has 0 fully saturated rings. The molecule has 1 aromatic rings. The molecule has 2 heterocycles. The normalized spacial score (nSPS) is 12.9. The molecule has 0 saturated heterocycles. The molecule has 0 radical (unpaired) electrons. The quantitative estimate of drug-likeness (QED) is 0.831. The number of hydrogen-bond donors (Lipinski definition) is 2. The fourth-order valence-electron chi connectivity index (χ4n) is 2.05. The Hall–Kier alpha value is -2.38. The van der Waals surface area contributed by atoms with Crippen LogP contribution < -0.4 is 20.1 Å². The summed E-state index contributed by atoms with van der Waals surface area (Å²) >= 11 is 0. The molecule has 2 amide bonds. The summed E-state index contributed by atoms with van der Waals surface area (Å²) in [6.45, 7) is 5.45. The molecule has 1 aromatic heterocycles. The summed E-state index contributed by atoms with van der Waals surface area (Å²) < 4.78 is 10.5. The van der Waals surface area contributed by atoms with Crippen LogP contribution in [-0.2, 0) is 10.3 Å². The number of rotatable bonds is 5. The van der Waals surface area contributed by atoms with E-state index in [1.807, 2.05) is 6.92 Å². The molecule has 1 aliphatic heterocycles. The standard InChI is InChI=1S/C14H20N4O4/c1-5-6-8(19)18-14(2,3)13-16-9(11(20)15-4)10-12(17-13)22-7-21-10/h5-7H2,1-4H3,(H,15,20)(H,18,19). The van der Waals surface area contributed by atoms with Gasteiger partial charge in [-0.15, -0.1) is 0 Å². The summed E-state index contributed by atoms with van der Waals surface area (Å²) in [5, 5.41) is 5.36. The second kappa shape index (κ2) is 6.17. The van der Waals surface area contributed by atoms with Gasteiger partial charge in [0.1, 0.15) is 0 Å². The topological polar surface area (TPSA) is 102 Å². The summed E-state index contributed by atoms with van der Waals surface area (Å²) in [4.78, 5) is 32.3. The van der Waals surface area contributed by atoms with E-state index in [4.69, 9.17) is 9.47 Å². The van der Waals surface area contributed by atoms with Crippen LogP contribution in [0.1, 0.15) is 49.9 Å². The van der Waals surface area contributed by atoms with Gasteiger partial charge in [0, 0.05) is 13.5 Å².